The van der Waals surface area contributed by atoms with E-state index in [9.17, 15) is 18.0 Å². The van der Waals surface area contributed by atoms with Gasteiger partial charge in [0.1, 0.15) is 0 Å². The molecule has 3 rings (SSSR count). The van der Waals surface area contributed by atoms with Crippen molar-refractivity contribution in [3.05, 3.63) is 58.7 Å². The van der Waals surface area contributed by atoms with E-state index < -0.39 is 12.0 Å². The minimum Gasteiger partial charge on any atom is -0.354 e. The van der Waals surface area contributed by atoms with Gasteiger partial charge in [0.15, 0.2) is 0 Å². The molecule has 10 heteroatoms. The summed E-state index contributed by atoms with van der Waals surface area (Å²) in [6.07, 6.45) is -4.12. The van der Waals surface area contributed by atoms with Crippen LogP contribution in [0.2, 0.25) is 0 Å². The van der Waals surface area contributed by atoms with E-state index in [4.69, 9.17) is 0 Å². The molecule has 0 fully saturated rings. The number of fused-ring (bicyclic) bond motifs is 1. The SMILES string of the molecule is Cc1nc2nc(C(F)(F)F)nn2c(C)c1CCC(=O)NC[C@@H](c1ccccc1)N(C)C. The van der Waals surface area contributed by atoms with Crippen LogP contribution in [0, 0.1) is 13.8 Å². The molecule has 0 radical (unpaired) electrons. The minimum absolute atomic E-state index is 0.0302. The van der Waals surface area contributed by atoms with Gasteiger partial charge in [0, 0.05) is 24.4 Å². The van der Waals surface area contributed by atoms with Crippen molar-refractivity contribution in [1.82, 2.24) is 29.8 Å². The zero-order chi connectivity index (χ0) is 22.8. The molecular formula is C21H25F3N6O. The number of alkyl halides is 3. The molecule has 0 unspecified atom stereocenters. The third-order valence-electron chi connectivity index (χ3n) is 5.20. The molecule has 2 heterocycles. The molecule has 1 atom stereocenters. The Bertz CT molecular complexity index is 1060. The van der Waals surface area contributed by atoms with Crippen molar-refractivity contribution >= 4 is 11.7 Å². The van der Waals surface area contributed by atoms with Gasteiger partial charge in [0.25, 0.3) is 11.6 Å². The van der Waals surface area contributed by atoms with Gasteiger partial charge in [0.2, 0.25) is 5.91 Å². The molecule has 0 saturated heterocycles. The average molecular weight is 434 g/mol. The first-order chi connectivity index (χ1) is 14.6. The molecular weight excluding hydrogens is 409 g/mol. The molecule has 3 aromatic rings. The summed E-state index contributed by atoms with van der Waals surface area (Å²) in [5.74, 6) is -1.48. The van der Waals surface area contributed by atoms with Crippen LogP contribution in [0.1, 0.15) is 40.8 Å². The predicted octanol–water partition coefficient (Wildman–Crippen LogP) is 3.11. The lowest BCUT2D eigenvalue weighted by Crippen LogP contribution is -2.34. The highest BCUT2D eigenvalue weighted by Gasteiger charge is 2.37. The number of aromatic nitrogens is 4. The standard InChI is InChI=1S/C21H25F3N6O/c1-13-16(14(2)30-20(26-13)27-19(28-30)21(22,23)24)10-11-18(31)25-12-17(29(3)4)15-8-6-5-7-9-15/h5-9,17H,10-12H2,1-4H3,(H,25,31)/t17-/m0/s1. The number of carbonyl (C=O) groups excluding carboxylic acids is 1. The normalized spacial score (nSPS) is 13.0. The van der Waals surface area contributed by atoms with Crippen LogP contribution in [0.4, 0.5) is 13.2 Å². The lowest BCUT2D eigenvalue weighted by Gasteiger charge is -2.25. The number of likely N-dealkylation sites (N-methyl/N-ethyl adjacent to an activating group) is 1. The van der Waals surface area contributed by atoms with Crippen LogP contribution in [0.5, 0.6) is 0 Å². The van der Waals surface area contributed by atoms with Gasteiger partial charge in [-0.25, -0.2) is 9.50 Å². The number of halogens is 3. The first-order valence-corrected chi connectivity index (χ1v) is 9.86. The molecule has 1 aromatic carbocycles. The summed E-state index contributed by atoms with van der Waals surface area (Å²) in [6, 6.07) is 9.91. The maximum Gasteiger partial charge on any atom is 0.453 e. The van der Waals surface area contributed by atoms with E-state index in [2.05, 4.69) is 20.4 Å². The van der Waals surface area contributed by atoms with E-state index in [1.807, 2.05) is 49.3 Å². The molecule has 2 aromatic heterocycles. The summed E-state index contributed by atoms with van der Waals surface area (Å²) >= 11 is 0. The van der Waals surface area contributed by atoms with E-state index in [0.29, 0.717) is 29.9 Å². The van der Waals surface area contributed by atoms with Gasteiger partial charge in [0.05, 0.1) is 6.04 Å². The number of nitrogens with one attached hydrogen (secondary N) is 1. The Kier molecular flexibility index (Phi) is 6.59. The maximum atomic E-state index is 12.9. The summed E-state index contributed by atoms with van der Waals surface area (Å²) < 4.78 is 39.8. The molecule has 0 saturated carbocycles. The smallest absolute Gasteiger partial charge is 0.354 e. The van der Waals surface area contributed by atoms with E-state index in [-0.39, 0.29) is 24.1 Å². The lowest BCUT2D eigenvalue weighted by atomic mass is 10.0. The number of aryl methyl sites for hydroxylation is 2. The molecule has 0 aliphatic rings. The number of carbonyl (C=O) groups is 1. The predicted molar refractivity (Wildman–Crippen MR) is 109 cm³/mol. The highest BCUT2D eigenvalue weighted by Crippen LogP contribution is 2.27. The number of benzene rings is 1. The zero-order valence-corrected chi connectivity index (χ0v) is 17.9. The molecule has 0 aliphatic carbocycles. The molecule has 1 N–H and O–H groups in total. The van der Waals surface area contributed by atoms with Crippen LogP contribution >= 0.6 is 0 Å². The Morgan fingerprint density at radius 2 is 1.84 bits per heavy atom. The molecule has 166 valence electrons. The first-order valence-electron chi connectivity index (χ1n) is 9.86. The van der Waals surface area contributed by atoms with Crippen LogP contribution < -0.4 is 5.32 Å². The third kappa shape index (κ3) is 5.19. The Hall–Kier alpha value is -3.01. The van der Waals surface area contributed by atoms with Crippen LogP contribution in [0.15, 0.2) is 30.3 Å². The number of amides is 1. The van der Waals surface area contributed by atoms with Gasteiger partial charge in [-0.3, -0.25) is 4.79 Å². The second kappa shape index (κ2) is 9.01. The highest BCUT2D eigenvalue weighted by atomic mass is 19.4. The minimum atomic E-state index is -4.64. The molecule has 31 heavy (non-hydrogen) atoms. The van der Waals surface area contributed by atoms with Crippen molar-refractivity contribution in [2.45, 2.75) is 38.9 Å². The Labute approximate surface area is 178 Å². The van der Waals surface area contributed by atoms with Gasteiger partial charge in [-0.2, -0.15) is 18.2 Å². The fourth-order valence-electron chi connectivity index (χ4n) is 3.50. The summed E-state index contributed by atoms with van der Waals surface area (Å²) in [5.41, 5.74) is 2.82. The van der Waals surface area contributed by atoms with Crippen molar-refractivity contribution in [3.63, 3.8) is 0 Å². The quantitative estimate of drug-likeness (QED) is 0.619. The molecule has 0 spiro atoms. The van der Waals surface area contributed by atoms with E-state index in [1.54, 1.807) is 13.8 Å². The van der Waals surface area contributed by atoms with Crippen molar-refractivity contribution in [2.24, 2.45) is 0 Å². The summed E-state index contributed by atoms with van der Waals surface area (Å²) in [7, 11) is 3.90. The number of hydrogen-bond acceptors (Lipinski definition) is 5. The van der Waals surface area contributed by atoms with Gasteiger partial charge >= 0.3 is 6.18 Å². The monoisotopic (exact) mass is 434 g/mol. The van der Waals surface area contributed by atoms with E-state index >= 15 is 0 Å². The van der Waals surface area contributed by atoms with Crippen LogP contribution in [-0.4, -0.2) is 51.0 Å². The fourth-order valence-corrected chi connectivity index (χ4v) is 3.50. The van der Waals surface area contributed by atoms with Crippen LogP contribution in [0.25, 0.3) is 5.78 Å². The average Bonchev–Trinajstić information content (AvgIpc) is 3.13. The van der Waals surface area contributed by atoms with Crippen LogP contribution in [0.3, 0.4) is 0 Å². The molecule has 0 bridgehead atoms. The molecule has 0 aliphatic heterocycles. The van der Waals surface area contributed by atoms with Crippen molar-refractivity contribution in [2.75, 3.05) is 20.6 Å². The van der Waals surface area contributed by atoms with Gasteiger partial charge in [-0.05, 0) is 45.5 Å². The summed E-state index contributed by atoms with van der Waals surface area (Å²) in [6.45, 7) is 3.80. The number of rotatable bonds is 7. The van der Waals surface area contributed by atoms with Gasteiger partial charge in [-0.1, -0.05) is 30.3 Å². The summed E-state index contributed by atoms with van der Waals surface area (Å²) in [4.78, 5) is 22.1. The Morgan fingerprint density at radius 1 is 1.16 bits per heavy atom. The fraction of sp³-hybridized carbons (Fsp3) is 0.429. The first kappa shape index (κ1) is 22.7. The van der Waals surface area contributed by atoms with Gasteiger partial charge < -0.3 is 10.2 Å². The molecule has 1 amide bonds. The number of nitrogens with zero attached hydrogens (tertiary/aromatic N) is 5. The van der Waals surface area contributed by atoms with Crippen molar-refractivity contribution < 1.29 is 18.0 Å². The third-order valence-corrected chi connectivity index (χ3v) is 5.20. The van der Waals surface area contributed by atoms with Crippen molar-refractivity contribution in [1.29, 1.82) is 0 Å². The largest absolute Gasteiger partial charge is 0.453 e. The highest BCUT2D eigenvalue weighted by molar-refractivity contribution is 5.76. The van der Waals surface area contributed by atoms with Crippen molar-refractivity contribution in [3.8, 4) is 0 Å². The summed E-state index contributed by atoms with van der Waals surface area (Å²) in [5, 5.41) is 6.49. The van der Waals surface area contributed by atoms with E-state index in [1.165, 1.54) is 0 Å². The lowest BCUT2D eigenvalue weighted by molar-refractivity contribution is -0.144. The van der Waals surface area contributed by atoms with E-state index in [0.717, 1.165) is 10.1 Å². The Balaban J connectivity index is 1.68. The van der Waals surface area contributed by atoms with Crippen LogP contribution in [-0.2, 0) is 17.4 Å². The van der Waals surface area contributed by atoms with Gasteiger partial charge in [-0.15, -0.1) is 5.10 Å². The second-order valence-electron chi connectivity index (χ2n) is 7.60. The second-order valence-corrected chi connectivity index (χ2v) is 7.60. The zero-order valence-electron chi connectivity index (χ0n) is 17.9. The maximum absolute atomic E-state index is 12.9. The topological polar surface area (TPSA) is 75.4 Å². The Morgan fingerprint density at radius 3 is 2.45 bits per heavy atom. The molecule has 7 nitrogen and oxygen atoms in total. The number of hydrogen-bond donors (Lipinski definition) is 1.